The summed E-state index contributed by atoms with van der Waals surface area (Å²) in [7, 11) is 0. The maximum Gasteiger partial charge on any atom is 0.413 e. The molecule has 3 heterocycles. The van der Waals surface area contributed by atoms with Crippen molar-refractivity contribution in [1.82, 2.24) is 14.4 Å². The highest BCUT2D eigenvalue weighted by atomic mass is 35.5. The highest BCUT2D eigenvalue weighted by molar-refractivity contribution is 6.30. The van der Waals surface area contributed by atoms with E-state index in [1.54, 1.807) is 31.3 Å². The quantitative estimate of drug-likeness (QED) is 0.343. The second-order valence-electron chi connectivity index (χ2n) is 8.25. The molecule has 1 fully saturated rings. The molecule has 33 heavy (non-hydrogen) atoms. The number of rotatable bonds is 7. The van der Waals surface area contributed by atoms with Crippen LogP contribution in [0.3, 0.4) is 0 Å². The Balaban J connectivity index is 1.18. The van der Waals surface area contributed by atoms with Gasteiger partial charge < -0.3 is 14.5 Å². The number of pyridine rings is 2. The third kappa shape index (κ3) is 5.26. The summed E-state index contributed by atoms with van der Waals surface area (Å²) in [5.74, 6) is 1.11. The van der Waals surface area contributed by atoms with Gasteiger partial charge in [0.05, 0.1) is 12.2 Å². The number of halogens is 1. The highest BCUT2D eigenvalue weighted by Gasteiger charge is 2.23. The van der Waals surface area contributed by atoms with Gasteiger partial charge in [-0.25, -0.2) is 14.8 Å². The van der Waals surface area contributed by atoms with Crippen LogP contribution in [0.1, 0.15) is 48.6 Å². The number of carbonyl (C=O) groups is 1. The van der Waals surface area contributed by atoms with E-state index in [4.69, 9.17) is 16.3 Å². The number of anilines is 2. The van der Waals surface area contributed by atoms with Crippen LogP contribution in [0.2, 0.25) is 5.02 Å². The number of amides is 1. The van der Waals surface area contributed by atoms with Gasteiger partial charge in [0.1, 0.15) is 17.6 Å². The Morgan fingerprint density at radius 3 is 2.91 bits per heavy atom. The van der Waals surface area contributed by atoms with Gasteiger partial charge in [0.2, 0.25) is 0 Å². The van der Waals surface area contributed by atoms with E-state index in [1.807, 2.05) is 24.4 Å². The zero-order valence-electron chi connectivity index (χ0n) is 18.2. The van der Waals surface area contributed by atoms with Crippen molar-refractivity contribution in [3.05, 3.63) is 89.0 Å². The average molecular weight is 462 g/mol. The first-order valence-corrected chi connectivity index (χ1v) is 11.3. The number of carbonyl (C=O) groups excluding carboxylic acids is 1. The lowest BCUT2D eigenvalue weighted by Crippen LogP contribution is -2.17. The first kappa shape index (κ1) is 21.3. The topological polar surface area (TPSA) is 80.5 Å². The molecule has 168 valence electrons. The summed E-state index contributed by atoms with van der Waals surface area (Å²) in [6.45, 7) is 2.35. The summed E-state index contributed by atoms with van der Waals surface area (Å²) in [6, 6.07) is 15.1. The average Bonchev–Trinajstić information content (AvgIpc) is 3.57. The van der Waals surface area contributed by atoms with Gasteiger partial charge in [-0.3, -0.25) is 5.32 Å². The zero-order chi connectivity index (χ0) is 22.8. The molecular formula is C25H24ClN5O2. The smallest absolute Gasteiger partial charge is 0.413 e. The number of fused-ring (bicyclic) bond motifs is 1. The molecule has 1 aromatic carbocycles. The molecule has 0 radical (unpaired) electrons. The second kappa shape index (κ2) is 9.11. The van der Waals surface area contributed by atoms with E-state index in [9.17, 15) is 4.79 Å². The second-order valence-corrected chi connectivity index (χ2v) is 8.68. The molecule has 1 aliphatic rings. The number of benzene rings is 1. The van der Waals surface area contributed by atoms with Crippen molar-refractivity contribution in [3.8, 4) is 0 Å². The number of imidazole rings is 1. The number of hydrogen-bond acceptors (Lipinski definition) is 5. The summed E-state index contributed by atoms with van der Waals surface area (Å²) < 4.78 is 7.53. The van der Waals surface area contributed by atoms with Crippen molar-refractivity contribution in [2.75, 3.05) is 10.6 Å². The monoisotopic (exact) mass is 461 g/mol. The Bertz CT molecular complexity index is 1300. The van der Waals surface area contributed by atoms with Gasteiger partial charge in [0.15, 0.2) is 0 Å². The van der Waals surface area contributed by atoms with Crippen molar-refractivity contribution >= 4 is 34.8 Å². The van der Waals surface area contributed by atoms with Crippen LogP contribution in [0, 0.1) is 0 Å². The predicted molar refractivity (Wildman–Crippen MR) is 129 cm³/mol. The normalized spacial score (nSPS) is 14.1. The Hall–Kier alpha value is -3.58. The predicted octanol–water partition coefficient (Wildman–Crippen LogP) is 6.18. The van der Waals surface area contributed by atoms with E-state index >= 15 is 0 Å². The van der Waals surface area contributed by atoms with Gasteiger partial charge in [-0.15, -0.1) is 0 Å². The molecule has 0 bridgehead atoms. The molecule has 1 amide bonds. The molecular weight excluding hydrogens is 438 g/mol. The number of nitrogens with one attached hydrogen (secondary N) is 2. The third-order valence-electron chi connectivity index (χ3n) is 5.64. The lowest BCUT2D eigenvalue weighted by atomic mass is 10.1. The molecule has 2 N–H and O–H groups in total. The van der Waals surface area contributed by atoms with E-state index in [0.717, 1.165) is 22.6 Å². The Labute approximate surface area is 196 Å². The molecule has 1 saturated carbocycles. The summed E-state index contributed by atoms with van der Waals surface area (Å²) in [6.07, 6.45) is 7.38. The van der Waals surface area contributed by atoms with E-state index in [2.05, 4.69) is 43.3 Å². The molecule has 8 heteroatoms. The van der Waals surface area contributed by atoms with Crippen molar-refractivity contribution in [2.24, 2.45) is 0 Å². The molecule has 3 aromatic heterocycles. The summed E-state index contributed by atoms with van der Waals surface area (Å²) in [5, 5.41) is 6.61. The van der Waals surface area contributed by atoms with Crippen LogP contribution in [0.15, 0.2) is 67.1 Å². The standard InChI is InChI=1S/C25H24ClN5O2/c1-16(18-3-2-4-20(26)11-18)33-25(32)30-23-12-21(9-10-27-23)28-13-22-15-31-14-19(17-5-6-17)7-8-24(31)29-22/h2-4,7-12,14-17H,5-6,13H2,1H3,(H2,27,28,30,32). The lowest BCUT2D eigenvalue weighted by Gasteiger charge is -2.14. The van der Waals surface area contributed by atoms with Crippen molar-refractivity contribution in [2.45, 2.75) is 38.3 Å². The Morgan fingerprint density at radius 1 is 1.21 bits per heavy atom. The van der Waals surface area contributed by atoms with E-state index < -0.39 is 12.2 Å². The third-order valence-corrected chi connectivity index (χ3v) is 5.87. The minimum absolute atomic E-state index is 0.396. The molecule has 4 aromatic rings. The number of aromatic nitrogens is 3. The first-order chi connectivity index (χ1) is 16.0. The fraction of sp³-hybridized carbons (Fsp3) is 0.240. The zero-order valence-corrected chi connectivity index (χ0v) is 18.9. The van der Waals surface area contributed by atoms with Crippen LogP contribution < -0.4 is 10.6 Å². The molecule has 7 nitrogen and oxygen atoms in total. The van der Waals surface area contributed by atoms with Gasteiger partial charge in [-0.05, 0) is 61.1 Å². The van der Waals surface area contributed by atoms with Gasteiger partial charge in [-0.2, -0.15) is 0 Å². The molecule has 1 unspecified atom stereocenters. The maximum atomic E-state index is 12.3. The van der Waals surface area contributed by atoms with Crippen molar-refractivity contribution < 1.29 is 9.53 Å². The fourth-order valence-corrected chi connectivity index (χ4v) is 3.93. The number of ether oxygens (including phenoxy) is 1. The molecule has 1 aliphatic carbocycles. The van der Waals surface area contributed by atoms with Gasteiger partial charge in [-0.1, -0.05) is 29.8 Å². The van der Waals surface area contributed by atoms with Crippen LogP contribution in [0.25, 0.3) is 5.65 Å². The lowest BCUT2D eigenvalue weighted by molar-refractivity contribution is 0.121. The first-order valence-electron chi connectivity index (χ1n) is 10.9. The van der Waals surface area contributed by atoms with E-state index in [0.29, 0.717) is 23.3 Å². The van der Waals surface area contributed by atoms with Crippen LogP contribution in [-0.4, -0.2) is 20.5 Å². The summed E-state index contributed by atoms with van der Waals surface area (Å²) in [4.78, 5) is 21.2. The molecule has 0 spiro atoms. The SMILES string of the molecule is CC(OC(=O)Nc1cc(NCc2cn3cc(C4CC4)ccc3n2)ccn1)c1cccc(Cl)c1. The molecule has 0 saturated heterocycles. The highest BCUT2D eigenvalue weighted by Crippen LogP contribution is 2.39. The van der Waals surface area contributed by atoms with Crippen LogP contribution in [0.5, 0.6) is 0 Å². The molecule has 1 atom stereocenters. The van der Waals surface area contributed by atoms with Crippen molar-refractivity contribution in [1.29, 1.82) is 0 Å². The Morgan fingerprint density at radius 2 is 2.09 bits per heavy atom. The number of hydrogen-bond donors (Lipinski definition) is 2. The van der Waals surface area contributed by atoms with Crippen LogP contribution in [-0.2, 0) is 11.3 Å². The summed E-state index contributed by atoms with van der Waals surface area (Å²) >= 11 is 6.01. The van der Waals surface area contributed by atoms with E-state index in [-0.39, 0.29) is 0 Å². The van der Waals surface area contributed by atoms with Crippen LogP contribution in [0.4, 0.5) is 16.3 Å². The summed E-state index contributed by atoms with van der Waals surface area (Å²) in [5.41, 5.74) is 4.88. The minimum atomic E-state index is -0.584. The van der Waals surface area contributed by atoms with Gasteiger partial charge in [0, 0.05) is 35.4 Å². The largest absolute Gasteiger partial charge is 0.441 e. The van der Waals surface area contributed by atoms with Gasteiger partial charge >= 0.3 is 6.09 Å². The number of nitrogens with zero attached hydrogens (tertiary/aromatic N) is 3. The van der Waals surface area contributed by atoms with Gasteiger partial charge in [0.25, 0.3) is 0 Å². The van der Waals surface area contributed by atoms with Crippen molar-refractivity contribution in [3.63, 3.8) is 0 Å². The maximum absolute atomic E-state index is 12.3. The minimum Gasteiger partial charge on any atom is -0.441 e. The molecule has 0 aliphatic heterocycles. The fourth-order valence-electron chi connectivity index (χ4n) is 3.73. The molecule has 5 rings (SSSR count). The van der Waals surface area contributed by atoms with Crippen LogP contribution >= 0.6 is 11.6 Å². The Kier molecular flexibility index (Phi) is 5.88. The van der Waals surface area contributed by atoms with E-state index in [1.165, 1.54) is 18.4 Å².